The molecule has 0 bridgehead atoms. The Bertz CT molecular complexity index is 500. The van der Waals surface area contributed by atoms with Crippen LogP contribution < -0.4 is 0 Å². The van der Waals surface area contributed by atoms with Crippen LogP contribution in [0.2, 0.25) is 0 Å². The van der Waals surface area contributed by atoms with Crippen molar-refractivity contribution in [2.24, 2.45) is 5.92 Å². The number of hydrogen-bond acceptors (Lipinski definition) is 1. The molecule has 0 aliphatic heterocycles. The lowest BCUT2D eigenvalue weighted by atomic mass is 9.85. The van der Waals surface area contributed by atoms with E-state index in [0.717, 1.165) is 19.3 Å². The second kappa shape index (κ2) is 3.95. The van der Waals surface area contributed by atoms with E-state index in [9.17, 15) is 0 Å². The third kappa shape index (κ3) is 1.54. The van der Waals surface area contributed by atoms with E-state index >= 15 is 0 Å². The van der Waals surface area contributed by atoms with Crippen LogP contribution in [0.5, 0.6) is 0 Å². The number of fused-ring (bicyclic) bond motifs is 3. The molecular formula is C14H17NO. The van der Waals surface area contributed by atoms with Crippen molar-refractivity contribution in [3.8, 4) is 0 Å². The van der Waals surface area contributed by atoms with E-state index in [4.69, 9.17) is 5.11 Å². The summed E-state index contributed by atoms with van der Waals surface area (Å²) in [6.07, 6.45) is 4.42. The van der Waals surface area contributed by atoms with Crippen molar-refractivity contribution in [1.29, 1.82) is 0 Å². The monoisotopic (exact) mass is 215 g/mol. The molecule has 1 unspecified atom stereocenters. The van der Waals surface area contributed by atoms with Gasteiger partial charge in [0.15, 0.2) is 0 Å². The third-order valence-corrected chi connectivity index (χ3v) is 3.73. The predicted octanol–water partition coefficient (Wildman–Crippen LogP) is 2.66. The largest absolute Gasteiger partial charge is 0.396 e. The Labute approximate surface area is 95.3 Å². The SMILES string of the molecule is OCCC1CCc2c([nH]c3ccccc23)C1. The number of nitrogens with one attached hydrogen (secondary N) is 1. The molecule has 2 aromatic rings. The average molecular weight is 215 g/mol. The maximum Gasteiger partial charge on any atom is 0.0458 e. The van der Waals surface area contributed by atoms with E-state index in [0.29, 0.717) is 12.5 Å². The minimum Gasteiger partial charge on any atom is -0.396 e. The van der Waals surface area contributed by atoms with Crippen LogP contribution in [0.3, 0.4) is 0 Å². The van der Waals surface area contributed by atoms with Gasteiger partial charge in [-0.25, -0.2) is 0 Å². The van der Waals surface area contributed by atoms with Gasteiger partial charge in [-0.2, -0.15) is 0 Å². The van der Waals surface area contributed by atoms with Crippen molar-refractivity contribution in [3.05, 3.63) is 35.5 Å². The molecule has 2 nitrogen and oxygen atoms in total. The fourth-order valence-corrected chi connectivity index (χ4v) is 2.88. The average Bonchev–Trinajstić information content (AvgIpc) is 2.67. The molecule has 1 atom stereocenters. The summed E-state index contributed by atoms with van der Waals surface area (Å²) in [4.78, 5) is 3.52. The number of rotatable bonds is 2. The number of benzene rings is 1. The minimum atomic E-state index is 0.320. The summed E-state index contributed by atoms with van der Waals surface area (Å²) in [5.41, 5.74) is 4.16. The van der Waals surface area contributed by atoms with E-state index in [1.54, 1.807) is 0 Å². The van der Waals surface area contributed by atoms with Crippen LogP contribution in [0.25, 0.3) is 10.9 Å². The number of aromatic nitrogens is 1. The molecule has 3 rings (SSSR count). The lowest BCUT2D eigenvalue weighted by molar-refractivity contribution is 0.247. The Morgan fingerprint density at radius 2 is 2.19 bits per heavy atom. The van der Waals surface area contributed by atoms with Gasteiger partial charge in [0.1, 0.15) is 0 Å². The van der Waals surface area contributed by atoms with E-state index in [1.807, 2.05) is 0 Å². The molecule has 2 N–H and O–H groups in total. The van der Waals surface area contributed by atoms with E-state index in [-0.39, 0.29) is 0 Å². The first kappa shape index (κ1) is 9.91. The van der Waals surface area contributed by atoms with E-state index < -0.39 is 0 Å². The Balaban J connectivity index is 1.99. The van der Waals surface area contributed by atoms with Crippen molar-refractivity contribution in [1.82, 2.24) is 4.98 Å². The summed E-state index contributed by atoms with van der Waals surface area (Å²) in [5.74, 6) is 0.658. The quantitative estimate of drug-likeness (QED) is 0.793. The standard InChI is InChI=1S/C14H17NO/c16-8-7-10-5-6-12-11-3-1-2-4-13(11)15-14(12)9-10/h1-4,10,15-16H,5-9H2. The van der Waals surface area contributed by atoms with E-state index in [2.05, 4.69) is 29.2 Å². The Morgan fingerprint density at radius 3 is 3.06 bits per heavy atom. The summed E-state index contributed by atoms with van der Waals surface area (Å²) in [6.45, 7) is 0.320. The molecule has 84 valence electrons. The molecular weight excluding hydrogens is 198 g/mol. The zero-order valence-corrected chi connectivity index (χ0v) is 9.37. The van der Waals surface area contributed by atoms with Crippen LogP contribution in [0.4, 0.5) is 0 Å². The highest BCUT2D eigenvalue weighted by Gasteiger charge is 2.21. The number of aromatic amines is 1. The van der Waals surface area contributed by atoms with Gasteiger partial charge in [0.2, 0.25) is 0 Å². The summed E-state index contributed by atoms with van der Waals surface area (Å²) in [7, 11) is 0. The summed E-state index contributed by atoms with van der Waals surface area (Å²) in [5, 5.41) is 10.4. The highest BCUT2D eigenvalue weighted by Crippen LogP contribution is 2.32. The predicted molar refractivity (Wildman–Crippen MR) is 65.5 cm³/mol. The minimum absolute atomic E-state index is 0.320. The van der Waals surface area contributed by atoms with Crippen molar-refractivity contribution in [2.45, 2.75) is 25.7 Å². The highest BCUT2D eigenvalue weighted by atomic mass is 16.3. The second-order valence-corrected chi connectivity index (χ2v) is 4.75. The number of H-pyrrole nitrogens is 1. The van der Waals surface area contributed by atoms with Gasteiger partial charge >= 0.3 is 0 Å². The maximum absolute atomic E-state index is 9.00. The van der Waals surface area contributed by atoms with Crippen LogP contribution in [-0.2, 0) is 12.8 Å². The van der Waals surface area contributed by atoms with Crippen LogP contribution in [0.15, 0.2) is 24.3 Å². The summed E-state index contributed by atoms with van der Waals surface area (Å²) < 4.78 is 0. The summed E-state index contributed by atoms with van der Waals surface area (Å²) >= 11 is 0. The molecule has 1 heterocycles. The molecule has 2 heteroatoms. The molecule has 0 amide bonds. The van der Waals surface area contributed by atoms with Gasteiger partial charge in [0.05, 0.1) is 0 Å². The van der Waals surface area contributed by atoms with Gasteiger partial charge in [-0.15, -0.1) is 0 Å². The maximum atomic E-state index is 9.00. The summed E-state index contributed by atoms with van der Waals surface area (Å²) in [6, 6.07) is 8.54. The molecule has 0 fully saturated rings. The van der Waals surface area contributed by atoms with Gasteiger partial charge in [0.25, 0.3) is 0 Å². The number of aliphatic hydroxyl groups excluding tert-OH is 1. The molecule has 0 saturated carbocycles. The molecule has 1 aliphatic rings. The van der Waals surface area contributed by atoms with Crippen molar-refractivity contribution >= 4 is 10.9 Å². The molecule has 0 saturated heterocycles. The normalized spacial score (nSPS) is 19.9. The van der Waals surface area contributed by atoms with Crippen LogP contribution in [0.1, 0.15) is 24.1 Å². The lowest BCUT2D eigenvalue weighted by Crippen LogP contribution is -2.14. The number of aliphatic hydroxyl groups is 1. The Hall–Kier alpha value is -1.28. The van der Waals surface area contributed by atoms with Crippen molar-refractivity contribution in [3.63, 3.8) is 0 Å². The molecule has 16 heavy (non-hydrogen) atoms. The molecule has 1 aliphatic carbocycles. The fraction of sp³-hybridized carbons (Fsp3) is 0.429. The molecule has 1 aromatic heterocycles. The van der Waals surface area contributed by atoms with Gasteiger partial charge in [-0.3, -0.25) is 0 Å². The number of hydrogen-bond donors (Lipinski definition) is 2. The molecule has 1 aromatic carbocycles. The van der Waals surface area contributed by atoms with Crippen molar-refractivity contribution in [2.75, 3.05) is 6.61 Å². The van der Waals surface area contributed by atoms with E-state index in [1.165, 1.54) is 28.6 Å². The first-order chi connectivity index (χ1) is 7.88. The van der Waals surface area contributed by atoms with Gasteiger partial charge in [-0.05, 0) is 43.2 Å². The zero-order valence-electron chi connectivity index (χ0n) is 9.37. The fourth-order valence-electron chi connectivity index (χ4n) is 2.88. The number of aryl methyl sites for hydroxylation is 1. The van der Waals surface area contributed by atoms with Gasteiger partial charge in [-0.1, -0.05) is 18.2 Å². The highest BCUT2D eigenvalue weighted by molar-refractivity contribution is 5.84. The lowest BCUT2D eigenvalue weighted by Gasteiger charge is -2.21. The van der Waals surface area contributed by atoms with Gasteiger partial charge < -0.3 is 10.1 Å². The number of para-hydroxylation sites is 1. The Kier molecular flexibility index (Phi) is 2.44. The second-order valence-electron chi connectivity index (χ2n) is 4.75. The van der Waals surface area contributed by atoms with Crippen molar-refractivity contribution < 1.29 is 5.11 Å². The Morgan fingerprint density at radius 1 is 1.31 bits per heavy atom. The molecule has 0 spiro atoms. The van der Waals surface area contributed by atoms with Crippen LogP contribution in [-0.4, -0.2) is 16.7 Å². The van der Waals surface area contributed by atoms with Crippen LogP contribution >= 0.6 is 0 Å². The molecule has 0 radical (unpaired) electrons. The zero-order chi connectivity index (χ0) is 11.0. The first-order valence-corrected chi connectivity index (χ1v) is 6.08. The topological polar surface area (TPSA) is 36.0 Å². The van der Waals surface area contributed by atoms with Gasteiger partial charge in [0, 0.05) is 23.2 Å². The van der Waals surface area contributed by atoms with Crippen LogP contribution in [0, 0.1) is 5.92 Å². The third-order valence-electron chi connectivity index (χ3n) is 3.73. The smallest absolute Gasteiger partial charge is 0.0458 e. The first-order valence-electron chi connectivity index (χ1n) is 6.08.